The van der Waals surface area contributed by atoms with Crippen LogP contribution in [-0.4, -0.2) is 11.0 Å². The summed E-state index contributed by atoms with van der Waals surface area (Å²) in [7, 11) is 0. The van der Waals surface area contributed by atoms with E-state index in [2.05, 4.69) is 43.1 Å². The molecule has 0 amide bonds. The lowest BCUT2D eigenvalue weighted by Gasteiger charge is -2.16. The van der Waals surface area contributed by atoms with Gasteiger partial charge < -0.3 is 10.5 Å². The SMILES string of the molecule is CCC(N)Cc1cccc(C)c1OCc1cncc(C)c1. The Morgan fingerprint density at radius 3 is 2.76 bits per heavy atom. The van der Waals surface area contributed by atoms with Crippen LogP contribution in [0.3, 0.4) is 0 Å². The number of nitrogens with zero attached hydrogens (tertiary/aromatic N) is 1. The van der Waals surface area contributed by atoms with Gasteiger partial charge in [-0.25, -0.2) is 0 Å². The maximum Gasteiger partial charge on any atom is 0.125 e. The molecule has 0 bridgehead atoms. The Balaban J connectivity index is 2.15. The molecule has 0 radical (unpaired) electrons. The minimum Gasteiger partial charge on any atom is -0.488 e. The topological polar surface area (TPSA) is 48.1 Å². The monoisotopic (exact) mass is 284 g/mol. The number of rotatable bonds is 6. The number of pyridine rings is 1. The van der Waals surface area contributed by atoms with E-state index in [-0.39, 0.29) is 6.04 Å². The largest absolute Gasteiger partial charge is 0.488 e. The standard InChI is InChI=1S/C18H24N2O/c1-4-17(19)9-16-7-5-6-14(3)18(16)21-12-15-8-13(2)10-20-11-15/h5-8,10-11,17H,4,9,12,19H2,1-3H3. The fourth-order valence-corrected chi connectivity index (χ4v) is 2.36. The predicted molar refractivity (Wildman–Crippen MR) is 86.5 cm³/mol. The van der Waals surface area contributed by atoms with Crippen molar-refractivity contribution in [1.29, 1.82) is 0 Å². The van der Waals surface area contributed by atoms with Gasteiger partial charge in [-0.2, -0.15) is 0 Å². The van der Waals surface area contributed by atoms with E-state index in [9.17, 15) is 0 Å². The zero-order chi connectivity index (χ0) is 15.2. The molecule has 1 heterocycles. The Morgan fingerprint density at radius 1 is 1.24 bits per heavy atom. The molecule has 0 aliphatic heterocycles. The number of benzene rings is 1. The van der Waals surface area contributed by atoms with Gasteiger partial charge >= 0.3 is 0 Å². The van der Waals surface area contributed by atoms with E-state index in [4.69, 9.17) is 10.5 Å². The van der Waals surface area contributed by atoms with Crippen LogP contribution in [-0.2, 0) is 13.0 Å². The third-order valence-electron chi connectivity index (χ3n) is 3.61. The first kappa shape index (κ1) is 15.5. The molecule has 0 saturated heterocycles. The first-order chi connectivity index (χ1) is 10.1. The number of hydrogen-bond donors (Lipinski definition) is 1. The molecule has 1 aromatic carbocycles. The van der Waals surface area contributed by atoms with Crippen LogP contribution < -0.4 is 10.5 Å². The molecule has 3 heteroatoms. The second-order valence-electron chi connectivity index (χ2n) is 5.59. The van der Waals surface area contributed by atoms with Gasteiger partial charge in [-0.05, 0) is 49.4 Å². The van der Waals surface area contributed by atoms with Crippen LogP contribution in [0.1, 0.15) is 35.6 Å². The Bertz CT molecular complexity index is 596. The summed E-state index contributed by atoms with van der Waals surface area (Å²) in [6.45, 7) is 6.76. The number of ether oxygens (including phenoxy) is 1. The molecule has 0 spiro atoms. The summed E-state index contributed by atoms with van der Waals surface area (Å²) in [6.07, 6.45) is 5.51. The lowest BCUT2D eigenvalue weighted by atomic mass is 10.0. The molecule has 0 aliphatic rings. The fraction of sp³-hybridized carbons (Fsp3) is 0.389. The van der Waals surface area contributed by atoms with E-state index in [1.165, 1.54) is 5.56 Å². The Hall–Kier alpha value is -1.87. The highest BCUT2D eigenvalue weighted by Gasteiger charge is 2.10. The molecule has 0 aliphatic carbocycles. The van der Waals surface area contributed by atoms with E-state index < -0.39 is 0 Å². The van der Waals surface area contributed by atoms with Gasteiger partial charge in [0.2, 0.25) is 0 Å². The highest BCUT2D eigenvalue weighted by Crippen LogP contribution is 2.26. The Morgan fingerprint density at radius 2 is 2.05 bits per heavy atom. The molecule has 112 valence electrons. The summed E-state index contributed by atoms with van der Waals surface area (Å²) in [5, 5.41) is 0. The molecule has 2 rings (SSSR count). The molecule has 0 fully saturated rings. The van der Waals surface area contributed by atoms with Crippen molar-refractivity contribution in [3.63, 3.8) is 0 Å². The highest BCUT2D eigenvalue weighted by atomic mass is 16.5. The van der Waals surface area contributed by atoms with Gasteiger partial charge in [0.1, 0.15) is 12.4 Å². The van der Waals surface area contributed by atoms with E-state index in [0.717, 1.165) is 35.3 Å². The van der Waals surface area contributed by atoms with Gasteiger partial charge in [0.25, 0.3) is 0 Å². The maximum atomic E-state index is 6.09. The van der Waals surface area contributed by atoms with Gasteiger partial charge in [0.15, 0.2) is 0 Å². The molecule has 0 saturated carbocycles. The number of nitrogens with two attached hydrogens (primary N) is 1. The van der Waals surface area contributed by atoms with E-state index in [0.29, 0.717) is 6.61 Å². The Kier molecular flexibility index (Phi) is 5.34. The zero-order valence-corrected chi connectivity index (χ0v) is 13.1. The first-order valence-corrected chi connectivity index (χ1v) is 7.47. The van der Waals surface area contributed by atoms with Gasteiger partial charge in [-0.1, -0.05) is 25.1 Å². The average Bonchev–Trinajstić information content (AvgIpc) is 2.46. The first-order valence-electron chi connectivity index (χ1n) is 7.47. The second kappa shape index (κ2) is 7.23. The van der Waals surface area contributed by atoms with Crippen LogP contribution in [0, 0.1) is 13.8 Å². The smallest absolute Gasteiger partial charge is 0.125 e. The van der Waals surface area contributed by atoms with E-state index >= 15 is 0 Å². The lowest BCUT2D eigenvalue weighted by Crippen LogP contribution is -2.21. The third kappa shape index (κ3) is 4.30. The van der Waals surface area contributed by atoms with E-state index in [1.54, 1.807) is 0 Å². The van der Waals surface area contributed by atoms with Crippen LogP contribution in [0.2, 0.25) is 0 Å². The van der Waals surface area contributed by atoms with Crippen molar-refractivity contribution in [2.75, 3.05) is 0 Å². The maximum absolute atomic E-state index is 6.09. The fourth-order valence-electron chi connectivity index (χ4n) is 2.36. The summed E-state index contributed by atoms with van der Waals surface area (Å²) >= 11 is 0. The van der Waals surface area contributed by atoms with Crippen LogP contribution >= 0.6 is 0 Å². The lowest BCUT2D eigenvalue weighted by molar-refractivity contribution is 0.299. The number of para-hydroxylation sites is 1. The summed E-state index contributed by atoms with van der Waals surface area (Å²) in [5.41, 5.74) is 10.7. The van der Waals surface area contributed by atoms with Crippen molar-refractivity contribution in [2.45, 2.75) is 46.3 Å². The normalized spacial score (nSPS) is 12.2. The minimum absolute atomic E-state index is 0.176. The van der Waals surface area contributed by atoms with Crippen molar-refractivity contribution in [3.05, 3.63) is 58.9 Å². The van der Waals surface area contributed by atoms with Gasteiger partial charge in [0, 0.05) is 24.0 Å². The highest BCUT2D eigenvalue weighted by molar-refractivity contribution is 5.41. The number of hydrogen-bond acceptors (Lipinski definition) is 3. The molecule has 1 atom stereocenters. The third-order valence-corrected chi connectivity index (χ3v) is 3.61. The number of aromatic nitrogens is 1. The average molecular weight is 284 g/mol. The summed E-state index contributed by atoms with van der Waals surface area (Å²) in [5.74, 6) is 0.961. The molecule has 2 N–H and O–H groups in total. The summed E-state index contributed by atoms with van der Waals surface area (Å²) < 4.78 is 6.06. The quantitative estimate of drug-likeness (QED) is 0.882. The Labute approximate surface area is 127 Å². The molecular formula is C18H24N2O. The predicted octanol–water partition coefficient (Wildman–Crippen LogP) is 3.56. The van der Waals surface area contributed by atoms with Gasteiger partial charge in [0.05, 0.1) is 0 Å². The van der Waals surface area contributed by atoms with Crippen LogP contribution in [0.5, 0.6) is 5.75 Å². The van der Waals surface area contributed by atoms with Gasteiger partial charge in [-0.3, -0.25) is 4.98 Å². The van der Waals surface area contributed by atoms with Crippen LogP contribution in [0.4, 0.5) is 0 Å². The summed E-state index contributed by atoms with van der Waals surface area (Å²) in [4.78, 5) is 4.20. The molecular weight excluding hydrogens is 260 g/mol. The van der Waals surface area contributed by atoms with Crippen LogP contribution in [0.15, 0.2) is 36.7 Å². The molecule has 3 nitrogen and oxygen atoms in total. The number of aryl methyl sites for hydroxylation is 2. The van der Waals surface area contributed by atoms with Crippen molar-refractivity contribution in [3.8, 4) is 5.75 Å². The van der Waals surface area contributed by atoms with Crippen molar-refractivity contribution < 1.29 is 4.74 Å². The van der Waals surface area contributed by atoms with Crippen molar-refractivity contribution >= 4 is 0 Å². The molecule has 1 unspecified atom stereocenters. The second-order valence-corrected chi connectivity index (χ2v) is 5.59. The molecule has 21 heavy (non-hydrogen) atoms. The van der Waals surface area contributed by atoms with Gasteiger partial charge in [-0.15, -0.1) is 0 Å². The van der Waals surface area contributed by atoms with Crippen molar-refractivity contribution in [2.24, 2.45) is 5.73 Å². The molecule has 1 aromatic heterocycles. The van der Waals surface area contributed by atoms with Crippen LogP contribution in [0.25, 0.3) is 0 Å². The van der Waals surface area contributed by atoms with E-state index in [1.807, 2.05) is 19.3 Å². The minimum atomic E-state index is 0.176. The summed E-state index contributed by atoms with van der Waals surface area (Å²) in [6, 6.07) is 8.52. The zero-order valence-electron chi connectivity index (χ0n) is 13.1. The molecule has 2 aromatic rings. The van der Waals surface area contributed by atoms with Crippen molar-refractivity contribution in [1.82, 2.24) is 4.98 Å².